The number of carbonyl (C=O) groups excluding carboxylic acids is 1. The van der Waals surface area contributed by atoms with E-state index in [1.807, 2.05) is 7.05 Å². The number of nitro groups is 1. The number of benzene rings is 1. The molecule has 8 heteroatoms. The Morgan fingerprint density at radius 2 is 2.30 bits per heavy atom. The van der Waals surface area contributed by atoms with Crippen LogP contribution < -0.4 is 16.6 Å². The summed E-state index contributed by atoms with van der Waals surface area (Å²) < 4.78 is 0. The molecule has 1 heterocycles. The van der Waals surface area contributed by atoms with Crippen LogP contribution in [0.15, 0.2) is 18.2 Å². The van der Waals surface area contributed by atoms with Crippen molar-refractivity contribution in [3.63, 3.8) is 0 Å². The summed E-state index contributed by atoms with van der Waals surface area (Å²) in [7, 11) is 1.99. The van der Waals surface area contributed by atoms with Crippen LogP contribution in [0.3, 0.4) is 0 Å². The standard InChI is InChI=1S/C12H17N5O3/c1-16-5-4-9(7-16)14-12(18)8-2-3-11(17(19)20)10(6-8)15-13/h2-3,6,9,15H,4-5,7,13H2,1H3,(H,14,18). The Morgan fingerprint density at radius 3 is 2.85 bits per heavy atom. The molecule has 1 aromatic rings. The summed E-state index contributed by atoms with van der Waals surface area (Å²) in [6.07, 6.45) is 0.900. The number of carbonyl (C=O) groups is 1. The van der Waals surface area contributed by atoms with Crippen molar-refractivity contribution in [2.75, 3.05) is 25.6 Å². The number of amides is 1. The van der Waals surface area contributed by atoms with Crippen LogP contribution >= 0.6 is 0 Å². The van der Waals surface area contributed by atoms with E-state index in [2.05, 4.69) is 15.6 Å². The van der Waals surface area contributed by atoms with Gasteiger partial charge in [-0.3, -0.25) is 20.8 Å². The summed E-state index contributed by atoms with van der Waals surface area (Å²) in [5, 5.41) is 13.7. The number of hydrazine groups is 1. The van der Waals surface area contributed by atoms with Crippen molar-refractivity contribution in [3.8, 4) is 0 Å². The SMILES string of the molecule is CN1CCC(NC(=O)c2ccc([N+](=O)[O-])c(NN)c2)C1. The average Bonchev–Trinajstić information content (AvgIpc) is 2.83. The fourth-order valence-corrected chi connectivity index (χ4v) is 2.27. The molecular formula is C12H17N5O3. The summed E-state index contributed by atoms with van der Waals surface area (Å²) >= 11 is 0. The first-order chi connectivity index (χ1) is 9.51. The Morgan fingerprint density at radius 1 is 1.55 bits per heavy atom. The molecular weight excluding hydrogens is 262 g/mol. The number of nitrogens with one attached hydrogen (secondary N) is 2. The van der Waals surface area contributed by atoms with Gasteiger partial charge in [0.1, 0.15) is 5.69 Å². The summed E-state index contributed by atoms with van der Waals surface area (Å²) in [5.41, 5.74) is 2.54. The topological polar surface area (TPSA) is 114 Å². The van der Waals surface area contributed by atoms with E-state index in [1.54, 1.807) is 0 Å². The molecule has 108 valence electrons. The van der Waals surface area contributed by atoms with E-state index in [-0.39, 0.29) is 23.3 Å². The third-order valence-corrected chi connectivity index (χ3v) is 3.34. The maximum atomic E-state index is 12.1. The van der Waals surface area contributed by atoms with Gasteiger partial charge in [-0.15, -0.1) is 0 Å². The van der Waals surface area contributed by atoms with Crippen molar-refractivity contribution in [2.45, 2.75) is 12.5 Å². The number of nitrogens with two attached hydrogens (primary N) is 1. The van der Waals surface area contributed by atoms with E-state index < -0.39 is 4.92 Å². The molecule has 0 saturated carbocycles. The molecule has 0 bridgehead atoms. The largest absolute Gasteiger partial charge is 0.348 e. The molecule has 20 heavy (non-hydrogen) atoms. The number of likely N-dealkylation sites (N-methyl/N-ethyl adjacent to an activating group) is 1. The average molecular weight is 279 g/mol. The summed E-state index contributed by atoms with van der Waals surface area (Å²) in [6.45, 7) is 1.75. The molecule has 1 fully saturated rings. The van der Waals surface area contributed by atoms with E-state index in [1.165, 1.54) is 18.2 Å². The van der Waals surface area contributed by atoms with Crippen LogP contribution in [0.4, 0.5) is 11.4 Å². The van der Waals surface area contributed by atoms with Gasteiger partial charge in [0.25, 0.3) is 11.6 Å². The highest BCUT2D eigenvalue weighted by Crippen LogP contribution is 2.24. The fraction of sp³-hybridized carbons (Fsp3) is 0.417. The normalized spacial score (nSPS) is 18.8. The van der Waals surface area contributed by atoms with Gasteiger partial charge in [0.2, 0.25) is 0 Å². The number of anilines is 1. The number of likely N-dealkylation sites (tertiary alicyclic amines) is 1. The van der Waals surface area contributed by atoms with Crippen LogP contribution in [-0.4, -0.2) is 41.9 Å². The number of hydrogen-bond acceptors (Lipinski definition) is 6. The van der Waals surface area contributed by atoms with Crippen molar-refractivity contribution in [1.29, 1.82) is 0 Å². The monoisotopic (exact) mass is 279 g/mol. The molecule has 0 radical (unpaired) electrons. The molecule has 0 spiro atoms. The summed E-state index contributed by atoms with van der Waals surface area (Å²) in [6, 6.07) is 4.18. The second kappa shape index (κ2) is 5.85. The van der Waals surface area contributed by atoms with E-state index in [0.717, 1.165) is 19.5 Å². The molecule has 1 atom stereocenters. The molecule has 1 unspecified atom stereocenters. The van der Waals surface area contributed by atoms with Gasteiger partial charge >= 0.3 is 0 Å². The van der Waals surface area contributed by atoms with Gasteiger partial charge in [-0.2, -0.15) is 0 Å². The first-order valence-corrected chi connectivity index (χ1v) is 6.25. The molecule has 1 aliphatic heterocycles. The van der Waals surface area contributed by atoms with E-state index in [9.17, 15) is 14.9 Å². The molecule has 1 aliphatic rings. The van der Waals surface area contributed by atoms with E-state index in [0.29, 0.717) is 5.56 Å². The Bertz CT molecular complexity index is 534. The Labute approximate surface area is 116 Å². The Hall–Kier alpha value is -2.19. The van der Waals surface area contributed by atoms with Crippen molar-refractivity contribution < 1.29 is 9.72 Å². The quantitative estimate of drug-likeness (QED) is 0.415. The van der Waals surface area contributed by atoms with Crippen molar-refractivity contribution in [3.05, 3.63) is 33.9 Å². The van der Waals surface area contributed by atoms with Gasteiger partial charge in [-0.1, -0.05) is 0 Å². The van der Waals surface area contributed by atoms with E-state index >= 15 is 0 Å². The molecule has 1 saturated heterocycles. The van der Waals surface area contributed by atoms with Gasteiger partial charge in [-0.05, 0) is 32.1 Å². The predicted octanol–water partition coefficient (Wildman–Crippen LogP) is 0.314. The minimum atomic E-state index is -0.553. The Kier molecular flexibility index (Phi) is 4.16. The number of nitrogens with zero attached hydrogens (tertiary/aromatic N) is 2. The van der Waals surface area contributed by atoms with Crippen LogP contribution in [0.1, 0.15) is 16.8 Å². The highest BCUT2D eigenvalue weighted by Gasteiger charge is 2.22. The molecule has 0 aromatic heterocycles. The molecule has 8 nitrogen and oxygen atoms in total. The van der Waals surface area contributed by atoms with Gasteiger partial charge in [-0.25, -0.2) is 0 Å². The summed E-state index contributed by atoms with van der Waals surface area (Å²) in [4.78, 5) is 24.4. The minimum Gasteiger partial charge on any atom is -0.348 e. The van der Waals surface area contributed by atoms with Crippen LogP contribution in [0, 0.1) is 10.1 Å². The highest BCUT2D eigenvalue weighted by molar-refractivity contribution is 5.96. The van der Waals surface area contributed by atoms with Crippen molar-refractivity contribution in [2.24, 2.45) is 5.84 Å². The zero-order chi connectivity index (χ0) is 14.7. The maximum absolute atomic E-state index is 12.1. The lowest BCUT2D eigenvalue weighted by atomic mass is 10.1. The molecule has 4 N–H and O–H groups in total. The lowest BCUT2D eigenvalue weighted by molar-refractivity contribution is -0.384. The lowest BCUT2D eigenvalue weighted by Crippen LogP contribution is -2.36. The smallest absolute Gasteiger partial charge is 0.293 e. The third-order valence-electron chi connectivity index (χ3n) is 3.34. The molecule has 1 aromatic carbocycles. The Balaban J connectivity index is 2.12. The van der Waals surface area contributed by atoms with Crippen LogP contribution in [0.5, 0.6) is 0 Å². The fourth-order valence-electron chi connectivity index (χ4n) is 2.27. The molecule has 2 rings (SSSR count). The molecule has 0 aliphatic carbocycles. The lowest BCUT2D eigenvalue weighted by Gasteiger charge is -2.13. The molecule has 1 amide bonds. The minimum absolute atomic E-state index is 0.108. The number of rotatable bonds is 4. The van der Waals surface area contributed by atoms with E-state index in [4.69, 9.17) is 5.84 Å². The van der Waals surface area contributed by atoms with Gasteiger partial charge in [0.15, 0.2) is 0 Å². The zero-order valence-electron chi connectivity index (χ0n) is 11.1. The second-order valence-electron chi connectivity index (χ2n) is 4.85. The summed E-state index contributed by atoms with van der Waals surface area (Å²) in [5.74, 6) is 4.99. The number of hydrogen-bond donors (Lipinski definition) is 3. The number of nitro benzene ring substituents is 1. The van der Waals surface area contributed by atoms with Gasteiger partial charge in [0.05, 0.1) is 4.92 Å². The van der Waals surface area contributed by atoms with Gasteiger partial charge < -0.3 is 15.6 Å². The van der Waals surface area contributed by atoms with Crippen LogP contribution in [0.2, 0.25) is 0 Å². The van der Waals surface area contributed by atoms with Crippen LogP contribution in [0.25, 0.3) is 0 Å². The third kappa shape index (κ3) is 3.03. The highest BCUT2D eigenvalue weighted by atomic mass is 16.6. The first kappa shape index (κ1) is 14.2. The van der Waals surface area contributed by atoms with Crippen molar-refractivity contribution >= 4 is 17.3 Å². The second-order valence-corrected chi connectivity index (χ2v) is 4.85. The predicted molar refractivity (Wildman–Crippen MR) is 74.3 cm³/mol. The maximum Gasteiger partial charge on any atom is 0.293 e. The number of nitrogen functional groups attached to an aromatic ring is 1. The van der Waals surface area contributed by atoms with Crippen molar-refractivity contribution in [1.82, 2.24) is 10.2 Å². The first-order valence-electron chi connectivity index (χ1n) is 6.25. The zero-order valence-corrected chi connectivity index (χ0v) is 11.1. The van der Waals surface area contributed by atoms with Gasteiger partial charge in [0, 0.05) is 24.2 Å². The van der Waals surface area contributed by atoms with Crippen LogP contribution in [-0.2, 0) is 0 Å².